The minimum absolute atomic E-state index is 0.0410. The van der Waals surface area contributed by atoms with Crippen LogP contribution < -0.4 is 10.2 Å². The topological polar surface area (TPSA) is 52.7 Å². The molecule has 3 aliphatic rings. The van der Waals surface area contributed by atoms with Gasteiger partial charge in [0.2, 0.25) is 11.8 Å². The highest BCUT2D eigenvalue weighted by Gasteiger charge is 2.36. The van der Waals surface area contributed by atoms with Crippen LogP contribution in [-0.4, -0.2) is 48.9 Å². The maximum atomic E-state index is 13.0. The van der Waals surface area contributed by atoms with Crippen LogP contribution in [0.25, 0.3) is 0 Å². The summed E-state index contributed by atoms with van der Waals surface area (Å²) >= 11 is 0. The zero-order valence-corrected chi connectivity index (χ0v) is 14.7. The third kappa shape index (κ3) is 3.30. The van der Waals surface area contributed by atoms with Gasteiger partial charge in [-0.05, 0) is 43.9 Å². The van der Waals surface area contributed by atoms with Crippen LogP contribution in [0.5, 0.6) is 0 Å². The molecule has 0 aliphatic carbocycles. The number of nitrogens with zero attached hydrogens (tertiary/aromatic N) is 2. The fourth-order valence-electron chi connectivity index (χ4n) is 4.45. The molecule has 0 spiro atoms. The Kier molecular flexibility index (Phi) is 4.75. The van der Waals surface area contributed by atoms with Crippen LogP contribution in [0, 0.1) is 0 Å². The van der Waals surface area contributed by atoms with Crippen molar-refractivity contribution >= 4 is 17.5 Å². The average Bonchev–Trinajstić information content (AvgIpc) is 3.23. The first-order valence-corrected chi connectivity index (χ1v) is 9.65. The molecule has 1 unspecified atom stereocenters. The lowest BCUT2D eigenvalue weighted by Crippen LogP contribution is -2.48. The van der Waals surface area contributed by atoms with Crippen LogP contribution in [-0.2, 0) is 9.59 Å². The van der Waals surface area contributed by atoms with Gasteiger partial charge >= 0.3 is 0 Å². The SMILES string of the molecule is O=C1CCCN1CCC1CN(C(=O)[C@@H]2CCCCN2)c2ccccc21. The molecule has 0 bridgehead atoms. The maximum Gasteiger partial charge on any atom is 0.244 e. The fourth-order valence-corrected chi connectivity index (χ4v) is 4.45. The average molecular weight is 341 g/mol. The first-order valence-electron chi connectivity index (χ1n) is 9.65. The minimum atomic E-state index is -0.0410. The Balaban J connectivity index is 1.47. The summed E-state index contributed by atoms with van der Waals surface area (Å²) in [4.78, 5) is 28.8. The molecular formula is C20H27N3O2. The molecule has 2 amide bonds. The summed E-state index contributed by atoms with van der Waals surface area (Å²) < 4.78 is 0. The number of carbonyl (C=O) groups excluding carboxylic acids is 2. The standard InChI is InChI=1S/C20H27N3O2/c24-19-9-5-12-22(19)13-10-15-14-23(18-8-2-1-6-16(15)18)20(25)17-7-3-4-11-21-17/h1-2,6,8,15,17,21H,3-5,7,9-14H2/t15?,17-/m0/s1. The highest BCUT2D eigenvalue weighted by Crippen LogP contribution is 2.38. The van der Waals surface area contributed by atoms with Gasteiger partial charge in [-0.25, -0.2) is 0 Å². The number of nitrogens with one attached hydrogen (secondary N) is 1. The van der Waals surface area contributed by atoms with Gasteiger partial charge in [-0.3, -0.25) is 9.59 Å². The molecule has 4 rings (SSSR count). The predicted molar refractivity (Wildman–Crippen MR) is 97.6 cm³/mol. The van der Waals surface area contributed by atoms with E-state index < -0.39 is 0 Å². The predicted octanol–water partition coefficient (Wildman–Crippen LogP) is 2.27. The lowest BCUT2D eigenvalue weighted by molar-refractivity contribution is -0.127. The van der Waals surface area contributed by atoms with Crippen LogP contribution in [0.4, 0.5) is 5.69 Å². The first-order chi connectivity index (χ1) is 12.2. The minimum Gasteiger partial charge on any atom is -0.343 e. The van der Waals surface area contributed by atoms with Gasteiger partial charge in [-0.1, -0.05) is 24.6 Å². The molecule has 1 N–H and O–H groups in total. The van der Waals surface area contributed by atoms with Gasteiger partial charge in [0, 0.05) is 37.7 Å². The molecule has 2 saturated heterocycles. The molecule has 2 atom stereocenters. The number of rotatable bonds is 4. The zero-order chi connectivity index (χ0) is 17.2. The quantitative estimate of drug-likeness (QED) is 0.914. The van der Waals surface area contributed by atoms with Crippen LogP contribution in [0.3, 0.4) is 0 Å². The molecule has 3 aliphatic heterocycles. The molecule has 25 heavy (non-hydrogen) atoms. The van der Waals surface area contributed by atoms with Crippen molar-refractivity contribution in [1.29, 1.82) is 0 Å². The Morgan fingerprint density at radius 1 is 1.20 bits per heavy atom. The molecule has 0 saturated carbocycles. The van der Waals surface area contributed by atoms with Gasteiger partial charge in [0.25, 0.3) is 0 Å². The molecule has 5 nitrogen and oxygen atoms in total. The Labute approximate surface area is 149 Å². The summed E-state index contributed by atoms with van der Waals surface area (Å²) in [5.41, 5.74) is 2.33. The van der Waals surface area contributed by atoms with Gasteiger partial charge in [0.05, 0.1) is 6.04 Å². The Morgan fingerprint density at radius 2 is 2.08 bits per heavy atom. The van der Waals surface area contributed by atoms with E-state index in [4.69, 9.17) is 0 Å². The van der Waals surface area contributed by atoms with Crippen LogP contribution in [0.2, 0.25) is 0 Å². The molecule has 1 aromatic rings. The van der Waals surface area contributed by atoms with Crippen LogP contribution in [0.1, 0.15) is 50.0 Å². The number of anilines is 1. The van der Waals surface area contributed by atoms with E-state index >= 15 is 0 Å². The smallest absolute Gasteiger partial charge is 0.244 e. The summed E-state index contributed by atoms with van der Waals surface area (Å²) in [6, 6.07) is 8.24. The largest absolute Gasteiger partial charge is 0.343 e. The summed E-state index contributed by atoms with van der Waals surface area (Å²) in [5, 5.41) is 3.38. The summed E-state index contributed by atoms with van der Waals surface area (Å²) in [7, 11) is 0. The molecule has 0 aromatic heterocycles. The van der Waals surface area contributed by atoms with Gasteiger partial charge in [0.1, 0.15) is 0 Å². The maximum absolute atomic E-state index is 13.0. The molecule has 2 fully saturated rings. The molecule has 5 heteroatoms. The van der Waals surface area contributed by atoms with E-state index in [9.17, 15) is 9.59 Å². The molecule has 1 aromatic carbocycles. The van der Waals surface area contributed by atoms with Crippen molar-refractivity contribution in [3.63, 3.8) is 0 Å². The number of piperidine rings is 1. The third-order valence-corrected chi connectivity index (χ3v) is 5.86. The van der Waals surface area contributed by atoms with Crippen molar-refractivity contribution in [3.8, 4) is 0 Å². The number of amides is 2. The number of hydrogen-bond donors (Lipinski definition) is 1. The number of likely N-dealkylation sites (tertiary alicyclic amines) is 1. The van der Waals surface area contributed by atoms with E-state index in [1.165, 1.54) is 5.56 Å². The number of para-hydroxylation sites is 1. The van der Waals surface area contributed by atoms with Crippen molar-refractivity contribution < 1.29 is 9.59 Å². The normalized spacial score (nSPS) is 26.2. The number of benzene rings is 1. The number of fused-ring (bicyclic) bond motifs is 1. The zero-order valence-electron chi connectivity index (χ0n) is 14.7. The van der Waals surface area contributed by atoms with E-state index in [0.29, 0.717) is 12.3 Å². The Bertz CT molecular complexity index is 654. The van der Waals surface area contributed by atoms with E-state index in [1.54, 1.807) is 0 Å². The van der Waals surface area contributed by atoms with Crippen molar-refractivity contribution in [2.24, 2.45) is 0 Å². The van der Waals surface area contributed by atoms with Crippen molar-refractivity contribution in [2.75, 3.05) is 31.1 Å². The van der Waals surface area contributed by atoms with Gasteiger partial charge in [-0.2, -0.15) is 0 Å². The van der Waals surface area contributed by atoms with E-state index in [2.05, 4.69) is 23.5 Å². The highest BCUT2D eigenvalue weighted by molar-refractivity contribution is 5.99. The summed E-state index contributed by atoms with van der Waals surface area (Å²) in [5.74, 6) is 0.828. The lowest BCUT2D eigenvalue weighted by Gasteiger charge is -2.28. The van der Waals surface area contributed by atoms with Gasteiger partial charge in [0.15, 0.2) is 0 Å². The Morgan fingerprint density at radius 3 is 2.84 bits per heavy atom. The lowest BCUT2D eigenvalue weighted by atomic mass is 9.98. The van der Waals surface area contributed by atoms with E-state index in [0.717, 1.165) is 64.0 Å². The summed E-state index contributed by atoms with van der Waals surface area (Å²) in [6.45, 7) is 3.38. The van der Waals surface area contributed by atoms with E-state index in [-0.39, 0.29) is 17.9 Å². The second-order valence-corrected chi connectivity index (χ2v) is 7.48. The van der Waals surface area contributed by atoms with E-state index in [1.807, 2.05) is 15.9 Å². The second-order valence-electron chi connectivity index (χ2n) is 7.48. The number of carbonyl (C=O) groups is 2. The second kappa shape index (κ2) is 7.16. The van der Waals surface area contributed by atoms with Gasteiger partial charge in [-0.15, -0.1) is 0 Å². The molecule has 134 valence electrons. The third-order valence-electron chi connectivity index (χ3n) is 5.86. The first kappa shape index (κ1) is 16.6. The van der Waals surface area contributed by atoms with Crippen LogP contribution in [0.15, 0.2) is 24.3 Å². The van der Waals surface area contributed by atoms with Crippen molar-refractivity contribution in [2.45, 2.75) is 50.5 Å². The molecule has 3 heterocycles. The fraction of sp³-hybridized carbons (Fsp3) is 0.600. The Hall–Kier alpha value is -1.88. The monoisotopic (exact) mass is 341 g/mol. The molecule has 0 radical (unpaired) electrons. The van der Waals surface area contributed by atoms with Crippen molar-refractivity contribution in [3.05, 3.63) is 29.8 Å². The van der Waals surface area contributed by atoms with Gasteiger partial charge < -0.3 is 15.1 Å². The number of hydrogen-bond acceptors (Lipinski definition) is 3. The summed E-state index contributed by atoms with van der Waals surface area (Å²) in [6.07, 6.45) is 5.83. The van der Waals surface area contributed by atoms with Crippen LogP contribution >= 0.6 is 0 Å². The highest BCUT2D eigenvalue weighted by atomic mass is 16.2. The molecular weight excluding hydrogens is 314 g/mol. The van der Waals surface area contributed by atoms with Crippen molar-refractivity contribution in [1.82, 2.24) is 10.2 Å².